The predicted molar refractivity (Wildman–Crippen MR) is 112 cm³/mol. The van der Waals surface area contributed by atoms with Gasteiger partial charge in [-0.25, -0.2) is 0 Å². The number of carbonyl (C=O) groups is 2. The minimum atomic E-state index is -0.569. The molecule has 0 spiro atoms. The first kappa shape index (κ1) is 19.9. The molecule has 2 aromatic carbocycles. The number of ether oxygens (including phenoxy) is 2. The van der Waals surface area contributed by atoms with Gasteiger partial charge in [-0.1, -0.05) is 23.7 Å². The third kappa shape index (κ3) is 3.86. The molecule has 0 bridgehead atoms. The maximum Gasteiger partial charge on any atom is 0.250 e. The van der Waals surface area contributed by atoms with Crippen molar-refractivity contribution in [3.05, 3.63) is 87.7 Å². The molecule has 1 aromatic heterocycles. The van der Waals surface area contributed by atoms with Crippen LogP contribution in [0.5, 0.6) is 11.5 Å². The van der Waals surface area contributed by atoms with Gasteiger partial charge in [0, 0.05) is 23.2 Å². The summed E-state index contributed by atoms with van der Waals surface area (Å²) in [5.74, 6) is 0.633. The lowest BCUT2D eigenvalue weighted by Gasteiger charge is -2.24. The first-order valence-corrected chi connectivity index (χ1v) is 9.79. The van der Waals surface area contributed by atoms with Gasteiger partial charge in [-0.2, -0.15) is 0 Å². The number of halogens is 1. The van der Waals surface area contributed by atoms with Gasteiger partial charge in [0.15, 0.2) is 11.9 Å². The molecule has 0 aliphatic carbocycles. The first-order chi connectivity index (χ1) is 14.4. The van der Waals surface area contributed by atoms with Crippen molar-refractivity contribution in [1.29, 1.82) is 0 Å². The summed E-state index contributed by atoms with van der Waals surface area (Å²) >= 11 is 6.04. The topological polar surface area (TPSA) is 91.5 Å². The van der Waals surface area contributed by atoms with Crippen LogP contribution in [0.25, 0.3) is 0 Å². The fourth-order valence-corrected chi connectivity index (χ4v) is 3.48. The van der Waals surface area contributed by atoms with Crippen molar-refractivity contribution in [3.63, 3.8) is 0 Å². The van der Waals surface area contributed by atoms with Crippen molar-refractivity contribution >= 4 is 23.3 Å². The second-order valence-corrected chi connectivity index (χ2v) is 7.41. The van der Waals surface area contributed by atoms with Gasteiger partial charge in [-0.05, 0) is 48.9 Å². The number of nitrogens with two attached hydrogens (primary N) is 1. The number of amides is 1. The van der Waals surface area contributed by atoms with Gasteiger partial charge in [-0.3, -0.25) is 14.6 Å². The minimum absolute atomic E-state index is 0.0591. The molecule has 0 unspecified atom stereocenters. The van der Waals surface area contributed by atoms with E-state index >= 15 is 0 Å². The molecule has 1 aliphatic rings. The Morgan fingerprint density at radius 3 is 2.60 bits per heavy atom. The van der Waals surface area contributed by atoms with Gasteiger partial charge < -0.3 is 15.2 Å². The van der Waals surface area contributed by atoms with Crippen LogP contribution in [0.4, 0.5) is 0 Å². The lowest BCUT2D eigenvalue weighted by atomic mass is 10.0. The van der Waals surface area contributed by atoms with Crippen LogP contribution in [0, 0.1) is 6.92 Å². The van der Waals surface area contributed by atoms with Gasteiger partial charge in [0.05, 0.1) is 23.4 Å². The summed E-state index contributed by atoms with van der Waals surface area (Å²) in [6, 6.07) is 14.0. The monoisotopic (exact) mass is 422 g/mol. The Bertz CT molecular complexity index is 1110. The molecule has 0 radical (unpaired) electrons. The summed E-state index contributed by atoms with van der Waals surface area (Å²) in [6.45, 7) is 2.21. The number of carbonyl (C=O) groups excluding carboxylic acids is 2. The number of rotatable bonds is 5. The second kappa shape index (κ2) is 8.16. The Hall–Kier alpha value is -3.38. The zero-order valence-electron chi connectivity index (χ0n) is 16.2. The summed E-state index contributed by atoms with van der Waals surface area (Å²) in [7, 11) is 0. The summed E-state index contributed by atoms with van der Waals surface area (Å²) in [5.41, 5.74) is 8.36. The molecule has 1 aliphatic heterocycles. The molecule has 1 amide bonds. The van der Waals surface area contributed by atoms with Crippen LogP contribution in [-0.4, -0.2) is 23.3 Å². The SMILES string of the molecule is Cc1c(O[C@H](c2ccc(Cl)cc2)c2ccc(C(N)=O)cn2)ccc2c1OCCC2=O. The van der Waals surface area contributed by atoms with Crippen molar-refractivity contribution in [1.82, 2.24) is 4.98 Å². The van der Waals surface area contributed by atoms with Gasteiger partial charge in [0.2, 0.25) is 5.91 Å². The van der Waals surface area contributed by atoms with E-state index in [1.54, 1.807) is 36.4 Å². The predicted octanol–water partition coefficient (Wildman–Crippen LogP) is 4.28. The molecule has 6 nitrogen and oxygen atoms in total. The molecular formula is C23H19ClN2O4. The van der Waals surface area contributed by atoms with Gasteiger partial charge in [-0.15, -0.1) is 0 Å². The van der Waals surface area contributed by atoms with E-state index < -0.39 is 12.0 Å². The standard InChI is InChI=1S/C23H19ClN2O4/c1-13-20(9-7-17-19(27)10-11-29-21(13)17)30-22(14-2-5-16(24)6-3-14)18-8-4-15(12-26-18)23(25)28/h2-9,12,22H,10-11H2,1H3,(H2,25,28)/t22-/m1/s1. The van der Waals surface area contributed by atoms with E-state index in [4.69, 9.17) is 26.8 Å². The quantitative estimate of drug-likeness (QED) is 0.662. The lowest BCUT2D eigenvalue weighted by molar-refractivity contribution is 0.0931. The van der Waals surface area contributed by atoms with Crippen LogP contribution >= 0.6 is 11.6 Å². The van der Waals surface area contributed by atoms with Gasteiger partial charge in [0.25, 0.3) is 0 Å². The largest absolute Gasteiger partial charge is 0.492 e. The number of fused-ring (bicyclic) bond motifs is 1. The van der Waals surface area contributed by atoms with E-state index in [1.807, 2.05) is 19.1 Å². The summed E-state index contributed by atoms with van der Waals surface area (Å²) < 4.78 is 12.1. The number of benzene rings is 2. The third-order valence-electron chi connectivity index (χ3n) is 4.99. The summed E-state index contributed by atoms with van der Waals surface area (Å²) in [5, 5.41) is 0.603. The Morgan fingerprint density at radius 2 is 1.93 bits per heavy atom. The molecule has 3 aromatic rings. The van der Waals surface area contributed by atoms with Crippen LogP contribution in [0.3, 0.4) is 0 Å². The van der Waals surface area contributed by atoms with E-state index in [9.17, 15) is 9.59 Å². The highest BCUT2D eigenvalue weighted by Gasteiger charge is 2.25. The van der Waals surface area contributed by atoms with Crippen molar-refractivity contribution in [2.45, 2.75) is 19.4 Å². The van der Waals surface area contributed by atoms with E-state index in [-0.39, 0.29) is 5.78 Å². The van der Waals surface area contributed by atoms with Crippen LogP contribution in [-0.2, 0) is 0 Å². The number of hydrogen-bond acceptors (Lipinski definition) is 5. The number of ketones is 1. The fourth-order valence-electron chi connectivity index (χ4n) is 3.36. The smallest absolute Gasteiger partial charge is 0.250 e. The maximum absolute atomic E-state index is 12.2. The molecule has 30 heavy (non-hydrogen) atoms. The number of hydrogen-bond donors (Lipinski definition) is 1. The number of aromatic nitrogens is 1. The van der Waals surface area contributed by atoms with Crippen LogP contribution in [0.15, 0.2) is 54.7 Å². The van der Waals surface area contributed by atoms with Gasteiger partial charge >= 0.3 is 0 Å². The molecule has 2 heterocycles. The molecule has 0 fully saturated rings. The number of primary amides is 1. The number of pyridine rings is 1. The Kier molecular flexibility index (Phi) is 5.42. The zero-order valence-corrected chi connectivity index (χ0v) is 17.0. The Morgan fingerprint density at radius 1 is 1.17 bits per heavy atom. The van der Waals surface area contributed by atoms with Crippen LogP contribution in [0.2, 0.25) is 5.02 Å². The molecule has 2 N–H and O–H groups in total. The van der Waals surface area contributed by atoms with E-state index in [0.717, 1.165) is 11.1 Å². The number of nitrogens with zero attached hydrogens (tertiary/aromatic N) is 1. The molecule has 4 rings (SSSR count). The average Bonchev–Trinajstić information content (AvgIpc) is 2.75. The highest BCUT2D eigenvalue weighted by atomic mass is 35.5. The number of Topliss-reactive ketones (excluding diaryl/α,β-unsaturated/α-hetero) is 1. The molecule has 0 saturated heterocycles. The van der Waals surface area contributed by atoms with Crippen LogP contribution < -0.4 is 15.2 Å². The van der Waals surface area contributed by atoms with E-state index in [0.29, 0.717) is 46.4 Å². The van der Waals surface area contributed by atoms with Crippen molar-refractivity contribution in [3.8, 4) is 11.5 Å². The van der Waals surface area contributed by atoms with E-state index in [2.05, 4.69) is 4.98 Å². The molecule has 1 atom stereocenters. The van der Waals surface area contributed by atoms with E-state index in [1.165, 1.54) is 6.20 Å². The second-order valence-electron chi connectivity index (χ2n) is 6.97. The van der Waals surface area contributed by atoms with Crippen molar-refractivity contribution in [2.24, 2.45) is 5.73 Å². The van der Waals surface area contributed by atoms with Gasteiger partial charge in [0.1, 0.15) is 11.5 Å². The average molecular weight is 423 g/mol. The van der Waals surface area contributed by atoms with Crippen molar-refractivity contribution in [2.75, 3.05) is 6.61 Å². The molecule has 0 saturated carbocycles. The highest BCUT2D eigenvalue weighted by molar-refractivity contribution is 6.30. The lowest BCUT2D eigenvalue weighted by Crippen LogP contribution is -2.18. The maximum atomic E-state index is 12.2. The minimum Gasteiger partial charge on any atom is -0.492 e. The molecular weight excluding hydrogens is 404 g/mol. The summed E-state index contributed by atoms with van der Waals surface area (Å²) in [4.78, 5) is 27.9. The molecule has 7 heteroatoms. The zero-order chi connectivity index (χ0) is 21.3. The normalized spacial score (nSPS) is 13.9. The first-order valence-electron chi connectivity index (χ1n) is 9.41. The third-order valence-corrected chi connectivity index (χ3v) is 5.24. The van der Waals surface area contributed by atoms with Crippen molar-refractivity contribution < 1.29 is 19.1 Å². The fraction of sp³-hybridized carbons (Fsp3) is 0.174. The summed E-state index contributed by atoms with van der Waals surface area (Å²) in [6.07, 6.45) is 1.22. The highest BCUT2D eigenvalue weighted by Crippen LogP contribution is 2.38. The Labute approximate surface area is 178 Å². The van der Waals surface area contributed by atoms with Crippen LogP contribution in [0.1, 0.15) is 50.1 Å². The Balaban J connectivity index is 1.74. The molecule has 152 valence electrons.